The van der Waals surface area contributed by atoms with Gasteiger partial charge >= 0.3 is 0 Å². The highest BCUT2D eigenvalue weighted by Crippen LogP contribution is 2.20. The van der Waals surface area contributed by atoms with E-state index in [2.05, 4.69) is 15.2 Å². The van der Waals surface area contributed by atoms with Crippen LogP contribution in [0.15, 0.2) is 6.33 Å². The average Bonchev–Trinajstić information content (AvgIpc) is 2.82. The molecule has 2 heterocycles. The molecular weight excluding hydrogens is 208 g/mol. The first-order valence-electron chi connectivity index (χ1n) is 5.56. The number of piperidine rings is 1. The molecule has 1 amide bonds. The fourth-order valence-corrected chi connectivity index (χ4v) is 2.13. The zero-order valence-electron chi connectivity index (χ0n) is 9.09. The number of nitrogens with zero attached hydrogens (tertiary/aromatic N) is 3. The van der Waals surface area contributed by atoms with E-state index in [1.807, 2.05) is 0 Å². The third-order valence-electron chi connectivity index (χ3n) is 2.96. The lowest BCUT2D eigenvalue weighted by atomic mass is 9.95. The molecule has 0 spiro atoms. The van der Waals surface area contributed by atoms with E-state index in [1.54, 1.807) is 4.90 Å². The molecule has 16 heavy (non-hydrogen) atoms. The van der Waals surface area contributed by atoms with E-state index in [0.29, 0.717) is 18.3 Å². The molecule has 1 saturated heterocycles. The Morgan fingerprint density at radius 3 is 3.25 bits per heavy atom. The number of carbonyl (C=O) groups is 1. The first-order valence-corrected chi connectivity index (χ1v) is 5.56. The number of aromatic nitrogens is 3. The van der Waals surface area contributed by atoms with E-state index in [-0.39, 0.29) is 12.5 Å². The molecule has 1 unspecified atom stereocenters. The van der Waals surface area contributed by atoms with Gasteiger partial charge in [0.2, 0.25) is 5.82 Å². The molecule has 0 bridgehead atoms. The third kappa shape index (κ3) is 2.38. The summed E-state index contributed by atoms with van der Waals surface area (Å²) in [6, 6.07) is 0. The Morgan fingerprint density at radius 1 is 1.69 bits per heavy atom. The molecule has 1 aliphatic heterocycles. The maximum absolute atomic E-state index is 11.9. The van der Waals surface area contributed by atoms with Crippen molar-refractivity contribution in [3.8, 4) is 0 Å². The highest BCUT2D eigenvalue weighted by atomic mass is 16.3. The number of nitrogens with one attached hydrogen (secondary N) is 1. The lowest BCUT2D eigenvalue weighted by Crippen LogP contribution is -2.40. The van der Waals surface area contributed by atoms with Crippen LogP contribution in [0.25, 0.3) is 0 Å². The zero-order chi connectivity index (χ0) is 11.4. The number of aliphatic hydroxyl groups excluding tert-OH is 1. The van der Waals surface area contributed by atoms with Gasteiger partial charge < -0.3 is 10.0 Å². The van der Waals surface area contributed by atoms with Gasteiger partial charge in [-0.15, -0.1) is 0 Å². The van der Waals surface area contributed by atoms with Crippen LogP contribution in [0.5, 0.6) is 0 Å². The minimum absolute atomic E-state index is 0.0971. The van der Waals surface area contributed by atoms with Crippen molar-refractivity contribution in [3.05, 3.63) is 12.2 Å². The molecule has 1 fully saturated rings. The quantitative estimate of drug-likeness (QED) is 0.759. The van der Waals surface area contributed by atoms with Crippen molar-refractivity contribution < 1.29 is 9.90 Å². The van der Waals surface area contributed by atoms with E-state index in [4.69, 9.17) is 5.11 Å². The molecule has 1 aromatic rings. The van der Waals surface area contributed by atoms with Gasteiger partial charge in [0.05, 0.1) is 0 Å². The topological polar surface area (TPSA) is 82.1 Å². The van der Waals surface area contributed by atoms with Gasteiger partial charge in [-0.1, -0.05) is 0 Å². The molecule has 2 N–H and O–H groups in total. The second-order valence-corrected chi connectivity index (χ2v) is 4.11. The van der Waals surface area contributed by atoms with Crippen molar-refractivity contribution >= 4 is 5.91 Å². The summed E-state index contributed by atoms with van der Waals surface area (Å²) in [5, 5.41) is 15.1. The van der Waals surface area contributed by atoms with Gasteiger partial charge in [0.1, 0.15) is 6.33 Å². The van der Waals surface area contributed by atoms with E-state index in [9.17, 15) is 4.79 Å². The lowest BCUT2D eigenvalue weighted by Gasteiger charge is -2.31. The van der Waals surface area contributed by atoms with Gasteiger partial charge in [-0.2, -0.15) is 5.10 Å². The molecule has 1 aliphatic rings. The van der Waals surface area contributed by atoms with Crippen LogP contribution < -0.4 is 0 Å². The van der Waals surface area contributed by atoms with Crippen molar-refractivity contribution in [2.45, 2.75) is 19.3 Å². The zero-order valence-corrected chi connectivity index (χ0v) is 9.09. The highest BCUT2D eigenvalue weighted by molar-refractivity contribution is 5.90. The second kappa shape index (κ2) is 5.07. The minimum Gasteiger partial charge on any atom is -0.396 e. The number of hydrogen-bond acceptors (Lipinski definition) is 4. The Hall–Kier alpha value is -1.43. The molecule has 0 saturated carbocycles. The van der Waals surface area contributed by atoms with Gasteiger partial charge in [0.15, 0.2) is 0 Å². The number of rotatable bonds is 3. The Bertz CT molecular complexity index is 337. The number of H-pyrrole nitrogens is 1. The maximum Gasteiger partial charge on any atom is 0.291 e. The number of hydrogen-bond donors (Lipinski definition) is 2. The first kappa shape index (κ1) is 11.1. The van der Waals surface area contributed by atoms with Crippen LogP contribution >= 0.6 is 0 Å². The molecule has 2 rings (SSSR count). The summed E-state index contributed by atoms with van der Waals surface area (Å²) in [6.45, 7) is 1.66. The number of aliphatic hydroxyl groups is 1. The molecule has 0 radical (unpaired) electrons. The third-order valence-corrected chi connectivity index (χ3v) is 2.96. The largest absolute Gasteiger partial charge is 0.396 e. The summed E-state index contributed by atoms with van der Waals surface area (Å²) >= 11 is 0. The number of aromatic amines is 1. The standard InChI is InChI=1S/C10H16N4O2/c15-5-3-8-2-1-4-14(6-8)10(16)9-11-7-12-13-9/h7-8,15H,1-6H2,(H,11,12,13). The van der Waals surface area contributed by atoms with E-state index in [0.717, 1.165) is 25.8 Å². The van der Waals surface area contributed by atoms with E-state index < -0.39 is 0 Å². The number of amides is 1. The molecule has 1 aromatic heterocycles. The highest BCUT2D eigenvalue weighted by Gasteiger charge is 2.25. The molecule has 1 atom stereocenters. The molecule has 0 aromatic carbocycles. The first-order chi connectivity index (χ1) is 7.81. The van der Waals surface area contributed by atoms with Gasteiger partial charge in [0.25, 0.3) is 5.91 Å². The van der Waals surface area contributed by atoms with Gasteiger partial charge in [0, 0.05) is 19.7 Å². The van der Waals surface area contributed by atoms with E-state index >= 15 is 0 Å². The minimum atomic E-state index is -0.0971. The van der Waals surface area contributed by atoms with Crippen molar-refractivity contribution in [1.82, 2.24) is 20.1 Å². The van der Waals surface area contributed by atoms with Crippen LogP contribution in [0.2, 0.25) is 0 Å². The van der Waals surface area contributed by atoms with Gasteiger partial charge in [-0.3, -0.25) is 9.89 Å². The predicted octanol–water partition coefficient (Wildman–Crippen LogP) is 0.0393. The van der Waals surface area contributed by atoms with E-state index in [1.165, 1.54) is 6.33 Å². The van der Waals surface area contributed by atoms with Crippen LogP contribution in [-0.2, 0) is 0 Å². The molecule has 6 heteroatoms. The van der Waals surface area contributed by atoms with Gasteiger partial charge in [-0.05, 0) is 25.2 Å². The smallest absolute Gasteiger partial charge is 0.291 e. The van der Waals surface area contributed by atoms with Crippen LogP contribution in [0, 0.1) is 5.92 Å². The van der Waals surface area contributed by atoms with Crippen LogP contribution in [0.3, 0.4) is 0 Å². The van der Waals surface area contributed by atoms with Crippen molar-refractivity contribution in [1.29, 1.82) is 0 Å². The monoisotopic (exact) mass is 224 g/mol. The molecule has 88 valence electrons. The van der Waals surface area contributed by atoms with Crippen LogP contribution in [0.4, 0.5) is 0 Å². The summed E-state index contributed by atoms with van der Waals surface area (Å²) in [5.41, 5.74) is 0. The summed E-state index contributed by atoms with van der Waals surface area (Å²) in [7, 11) is 0. The van der Waals surface area contributed by atoms with Gasteiger partial charge in [-0.25, -0.2) is 4.98 Å². The SMILES string of the molecule is O=C(c1ncn[nH]1)N1CCCC(CCO)C1. The summed E-state index contributed by atoms with van der Waals surface area (Å²) in [6.07, 6.45) is 4.17. The Kier molecular flexibility index (Phi) is 3.51. The Morgan fingerprint density at radius 2 is 2.56 bits per heavy atom. The lowest BCUT2D eigenvalue weighted by molar-refractivity contribution is 0.0642. The van der Waals surface area contributed by atoms with Crippen molar-refractivity contribution in [3.63, 3.8) is 0 Å². The second-order valence-electron chi connectivity index (χ2n) is 4.11. The predicted molar refractivity (Wildman–Crippen MR) is 56.7 cm³/mol. The summed E-state index contributed by atoms with van der Waals surface area (Å²) < 4.78 is 0. The van der Waals surface area contributed by atoms with Crippen LogP contribution in [0.1, 0.15) is 29.9 Å². The normalized spacial score (nSPS) is 21.1. The molecule has 0 aliphatic carbocycles. The fraction of sp³-hybridized carbons (Fsp3) is 0.700. The summed E-state index contributed by atoms with van der Waals surface area (Å²) in [5.74, 6) is 0.607. The number of carbonyl (C=O) groups excluding carboxylic acids is 1. The molecule has 6 nitrogen and oxygen atoms in total. The molecular formula is C10H16N4O2. The fourth-order valence-electron chi connectivity index (χ4n) is 2.13. The van der Waals surface area contributed by atoms with Crippen molar-refractivity contribution in [2.75, 3.05) is 19.7 Å². The average molecular weight is 224 g/mol. The number of likely N-dealkylation sites (tertiary alicyclic amines) is 1. The van der Waals surface area contributed by atoms with Crippen LogP contribution in [-0.4, -0.2) is 50.8 Å². The Labute approximate surface area is 93.7 Å². The summed E-state index contributed by atoms with van der Waals surface area (Å²) in [4.78, 5) is 17.6. The van der Waals surface area contributed by atoms with Crippen molar-refractivity contribution in [2.24, 2.45) is 5.92 Å². The maximum atomic E-state index is 11.9. The Balaban J connectivity index is 1.96.